The van der Waals surface area contributed by atoms with Crippen LogP contribution >= 0.6 is 23.1 Å². The van der Waals surface area contributed by atoms with Crippen molar-refractivity contribution in [3.8, 4) is 22.7 Å². The highest BCUT2D eigenvalue weighted by Gasteiger charge is 2.36. The third-order valence-corrected chi connectivity index (χ3v) is 5.91. The third-order valence-electron chi connectivity index (χ3n) is 4.04. The second-order valence-corrected chi connectivity index (χ2v) is 8.10. The van der Waals surface area contributed by atoms with Crippen molar-refractivity contribution >= 4 is 34.7 Å². The number of benzene rings is 1. The SMILES string of the molecule is N#CCc1ccc(NC(=O)CSc2nc(-c3cccs3)cc(C(F)(F)F)c2C#N)cc1. The Labute approximate surface area is 184 Å². The van der Waals surface area contributed by atoms with Gasteiger partial charge in [-0.3, -0.25) is 4.79 Å². The van der Waals surface area contributed by atoms with Gasteiger partial charge in [-0.1, -0.05) is 30.0 Å². The van der Waals surface area contributed by atoms with Crippen molar-refractivity contribution in [2.24, 2.45) is 0 Å². The fourth-order valence-electron chi connectivity index (χ4n) is 2.64. The van der Waals surface area contributed by atoms with Crippen LogP contribution in [-0.2, 0) is 17.4 Å². The molecule has 0 radical (unpaired) electrons. The van der Waals surface area contributed by atoms with Gasteiger partial charge in [0.05, 0.1) is 39.9 Å². The highest BCUT2D eigenvalue weighted by Crippen LogP contribution is 2.38. The highest BCUT2D eigenvalue weighted by atomic mass is 32.2. The number of thioether (sulfide) groups is 1. The summed E-state index contributed by atoms with van der Waals surface area (Å²) >= 11 is 1.99. The number of thiophene rings is 1. The monoisotopic (exact) mass is 458 g/mol. The number of rotatable bonds is 6. The van der Waals surface area contributed by atoms with Gasteiger partial charge in [0.25, 0.3) is 0 Å². The standard InChI is InChI=1S/C21H13F3N4OS2/c22-21(23,24)16-10-17(18-2-1-9-30-18)28-20(15(16)11-26)31-12-19(29)27-14-5-3-13(4-6-14)7-8-25/h1-6,9-10H,7,12H2,(H,27,29). The van der Waals surface area contributed by atoms with Crippen molar-refractivity contribution in [3.05, 3.63) is 64.5 Å². The number of hydrogen-bond donors (Lipinski definition) is 1. The van der Waals surface area contributed by atoms with Crippen molar-refractivity contribution < 1.29 is 18.0 Å². The van der Waals surface area contributed by atoms with E-state index in [0.717, 1.165) is 23.4 Å². The first kappa shape index (κ1) is 22.3. The van der Waals surface area contributed by atoms with Crippen LogP contribution < -0.4 is 5.32 Å². The van der Waals surface area contributed by atoms with Crippen molar-refractivity contribution in [1.29, 1.82) is 10.5 Å². The Hall–Kier alpha value is -3.34. The molecule has 0 fully saturated rings. The van der Waals surface area contributed by atoms with Gasteiger partial charge in [0.2, 0.25) is 5.91 Å². The van der Waals surface area contributed by atoms with Crippen molar-refractivity contribution in [3.63, 3.8) is 0 Å². The Morgan fingerprint density at radius 3 is 2.52 bits per heavy atom. The van der Waals surface area contributed by atoms with Crippen LogP contribution in [0.25, 0.3) is 10.6 Å². The molecule has 1 amide bonds. The highest BCUT2D eigenvalue weighted by molar-refractivity contribution is 8.00. The van der Waals surface area contributed by atoms with Crippen LogP contribution in [0, 0.1) is 22.7 Å². The largest absolute Gasteiger partial charge is 0.417 e. The molecule has 0 saturated heterocycles. The van der Waals surface area contributed by atoms with Crippen LogP contribution in [0.4, 0.5) is 18.9 Å². The fraction of sp³-hybridized carbons (Fsp3) is 0.143. The van der Waals surface area contributed by atoms with Gasteiger partial charge < -0.3 is 5.32 Å². The summed E-state index contributed by atoms with van der Waals surface area (Å²) < 4.78 is 40.6. The molecule has 3 aromatic rings. The van der Waals surface area contributed by atoms with Gasteiger partial charge in [-0.05, 0) is 35.2 Å². The minimum absolute atomic E-state index is 0.0947. The molecule has 0 spiro atoms. The number of anilines is 1. The smallest absolute Gasteiger partial charge is 0.325 e. The molecule has 0 atom stereocenters. The van der Waals surface area contributed by atoms with E-state index < -0.39 is 23.2 Å². The summed E-state index contributed by atoms with van der Waals surface area (Å²) in [6.45, 7) is 0. The number of nitrogens with zero attached hydrogens (tertiary/aromatic N) is 3. The quantitative estimate of drug-likeness (QED) is 0.493. The predicted octanol–water partition coefficient (Wildman–Crippen LogP) is 5.50. The van der Waals surface area contributed by atoms with Crippen molar-refractivity contribution in [1.82, 2.24) is 4.98 Å². The molecule has 10 heteroatoms. The first-order valence-corrected chi connectivity index (χ1v) is 10.6. The summed E-state index contributed by atoms with van der Waals surface area (Å²) in [5, 5.41) is 22.2. The van der Waals surface area contributed by atoms with E-state index in [2.05, 4.69) is 10.3 Å². The zero-order valence-corrected chi connectivity index (χ0v) is 17.4. The first-order valence-electron chi connectivity index (χ1n) is 8.76. The Morgan fingerprint density at radius 2 is 1.94 bits per heavy atom. The molecule has 1 aromatic carbocycles. The molecule has 2 heterocycles. The number of pyridine rings is 1. The molecule has 0 aliphatic heterocycles. The summed E-state index contributed by atoms with van der Waals surface area (Å²) in [6, 6.07) is 14.4. The number of aromatic nitrogens is 1. The van der Waals surface area contributed by atoms with Crippen LogP contribution in [0.3, 0.4) is 0 Å². The number of hydrogen-bond acceptors (Lipinski definition) is 6. The lowest BCUT2D eigenvalue weighted by molar-refractivity contribution is -0.138. The topological polar surface area (TPSA) is 89.6 Å². The van der Waals surface area contributed by atoms with E-state index in [4.69, 9.17) is 5.26 Å². The number of amides is 1. The van der Waals surface area contributed by atoms with E-state index in [-0.39, 0.29) is 22.9 Å². The Bertz CT molecular complexity index is 1160. The average molecular weight is 458 g/mol. The number of carbonyl (C=O) groups is 1. The van der Waals surface area contributed by atoms with Crippen LogP contribution in [0.2, 0.25) is 0 Å². The summed E-state index contributed by atoms with van der Waals surface area (Å²) in [5.74, 6) is -0.689. The molecule has 5 nitrogen and oxygen atoms in total. The number of halogens is 3. The van der Waals surface area contributed by atoms with E-state index in [1.165, 1.54) is 11.3 Å². The Balaban J connectivity index is 1.81. The lowest BCUT2D eigenvalue weighted by Crippen LogP contribution is -2.15. The minimum atomic E-state index is -4.73. The summed E-state index contributed by atoms with van der Waals surface area (Å²) in [7, 11) is 0. The lowest BCUT2D eigenvalue weighted by atomic mass is 10.1. The van der Waals surface area contributed by atoms with Gasteiger partial charge in [-0.15, -0.1) is 11.3 Å². The van der Waals surface area contributed by atoms with Crippen LogP contribution in [-0.4, -0.2) is 16.6 Å². The molecule has 0 unspecified atom stereocenters. The zero-order chi connectivity index (χ0) is 22.4. The molecular weight excluding hydrogens is 445 g/mol. The van der Waals surface area contributed by atoms with E-state index in [9.17, 15) is 23.2 Å². The maximum Gasteiger partial charge on any atom is 0.417 e. The van der Waals surface area contributed by atoms with Crippen molar-refractivity contribution in [2.45, 2.75) is 17.6 Å². The van der Waals surface area contributed by atoms with Crippen molar-refractivity contribution in [2.75, 3.05) is 11.1 Å². The van der Waals surface area contributed by atoms with Crippen LogP contribution in [0.1, 0.15) is 16.7 Å². The number of carbonyl (C=O) groups excluding carboxylic acids is 1. The Morgan fingerprint density at radius 1 is 1.19 bits per heavy atom. The summed E-state index contributed by atoms with van der Waals surface area (Å²) in [6.07, 6.45) is -4.49. The summed E-state index contributed by atoms with van der Waals surface area (Å²) in [5.41, 5.74) is -0.306. The molecular formula is C21H13F3N4OS2. The predicted molar refractivity (Wildman–Crippen MR) is 112 cm³/mol. The minimum Gasteiger partial charge on any atom is -0.325 e. The molecule has 1 N–H and O–H groups in total. The van der Waals surface area contributed by atoms with E-state index >= 15 is 0 Å². The van der Waals surface area contributed by atoms with Gasteiger partial charge in [0.1, 0.15) is 11.1 Å². The van der Waals surface area contributed by atoms with E-state index in [1.807, 2.05) is 6.07 Å². The molecule has 2 aromatic heterocycles. The van der Waals surface area contributed by atoms with E-state index in [0.29, 0.717) is 10.6 Å². The molecule has 0 aliphatic rings. The van der Waals surface area contributed by atoms with Gasteiger partial charge in [0.15, 0.2) is 0 Å². The number of nitrogens with one attached hydrogen (secondary N) is 1. The lowest BCUT2D eigenvalue weighted by Gasteiger charge is -2.13. The molecule has 0 bridgehead atoms. The van der Waals surface area contributed by atoms with Gasteiger partial charge in [0, 0.05) is 5.69 Å². The molecule has 0 aliphatic carbocycles. The van der Waals surface area contributed by atoms with Gasteiger partial charge >= 0.3 is 6.18 Å². The molecule has 31 heavy (non-hydrogen) atoms. The van der Waals surface area contributed by atoms with Gasteiger partial charge in [-0.25, -0.2) is 4.98 Å². The zero-order valence-electron chi connectivity index (χ0n) is 15.7. The normalized spacial score (nSPS) is 10.9. The third kappa shape index (κ3) is 5.63. The number of nitriles is 2. The maximum atomic E-state index is 13.5. The summed E-state index contributed by atoms with van der Waals surface area (Å²) in [4.78, 5) is 17.0. The average Bonchev–Trinajstić information content (AvgIpc) is 3.27. The van der Waals surface area contributed by atoms with Crippen LogP contribution in [0.15, 0.2) is 52.9 Å². The van der Waals surface area contributed by atoms with Crippen LogP contribution in [0.5, 0.6) is 0 Å². The van der Waals surface area contributed by atoms with E-state index in [1.54, 1.807) is 47.8 Å². The second kappa shape index (κ2) is 9.65. The fourth-order valence-corrected chi connectivity index (χ4v) is 4.13. The number of alkyl halides is 3. The first-order chi connectivity index (χ1) is 14.8. The molecule has 156 valence electrons. The molecule has 3 rings (SSSR count). The maximum absolute atomic E-state index is 13.5. The Kier molecular flexibility index (Phi) is 6.95. The van der Waals surface area contributed by atoms with Gasteiger partial charge in [-0.2, -0.15) is 23.7 Å². The second-order valence-electron chi connectivity index (χ2n) is 6.19. The molecule has 0 saturated carbocycles.